The van der Waals surface area contributed by atoms with Gasteiger partial charge >= 0.3 is 11.9 Å². The second-order valence-electron chi connectivity index (χ2n) is 19.5. The van der Waals surface area contributed by atoms with E-state index in [1.54, 1.807) is 0 Å². The number of benzene rings is 1. The molecule has 0 aromatic heterocycles. The molecule has 0 radical (unpaired) electrons. The van der Waals surface area contributed by atoms with Gasteiger partial charge in [-0.15, -0.1) is 0 Å². The third kappa shape index (κ3) is 5.27. The highest BCUT2D eigenvalue weighted by Gasteiger charge is 2.69. The molecule has 0 saturated heterocycles. The van der Waals surface area contributed by atoms with E-state index in [-0.39, 0.29) is 51.0 Å². The van der Waals surface area contributed by atoms with E-state index < -0.39 is 11.4 Å². The van der Waals surface area contributed by atoms with Crippen molar-refractivity contribution < 1.29 is 19.4 Å². The molecule has 0 spiro atoms. The minimum atomic E-state index is -0.595. The predicted octanol–water partition coefficient (Wildman–Crippen LogP) is 10.8. The fourth-order valence-electron chi connectivity index (χ4n) is 12.6. The summed E-state index contributed by atoms with van der Waals surface area (Å²) in [6.45, 7) is 23.6. The summed E-state index contributed by atoms with van der Waals surface area (Å²) >= 11 is 0. The fraction of sp³-hybridized carbons (Fsp3) is 0.767. The van der Waals surface area contributed by atoms with E-state index in [1.807, 2.05) is 6.92 Å². The molecule has 1 aromatic rings. The lowest BCUT2D eigenvalue weighted by Gasteiger charge is -2.71. The highest BCUT2D eigenvalue weighted by Crippen LogP contribution is 2.75. The van der Waals surface area contributed by atoms with E-state index in [0.717, 1.165) is 76.2 Å². The molecule has 6 rings (SSSR count). The Morgan fingerprint density at radius 1 is 0.851 bits per heavy atom. The van der Waals surface area contributed by atoms with Crippen molar-refractivity contribution in [1.82, 2.24) is 0 Å². The number of carboxylic acids is 1. The van der Waals surface area contributed by atoms with Crippen molar-refractivity contribution in [3.8, 4) is 0 Å². The number of aliphatic carboxylic acids is 1. The SMILES string of the molecule is CC(C)Cc1ccc([C@H](C)C(=O)O[C@H]2CC[C@]3(C)[C@H]4CC=C5[C@@H]6CC(C)(C)CC[C@]6(C(=O)O)CC[C@@]5(C)[C@]4(C)CC[C@H]3C2(C)C)cc1. The van der Waals surface area contributed by atoms with Crippen molar-refractivity contribution in [3.05, 3.63) is 47.0 Å². The molecule has 4 saturated carbocycles. The van der Waals surface area contributed by atoms with Crippen LogP contribution in [-0.2, 0) is 20.7 Å². The summed E-state index contributed by atoms with van der Waals surface area (Å²) in [6, 6.07) is 8.56. The first-order valence-electron chi connectivity index (χ1n) is 19.0. The van der Waals surface area contributed by atoms with Crippen LogP contribution in [0.5, 0.6) is 0 Å². The van der Waals surface area contributed by atoms with Crippen LogP contribution in [0, 0.1) is 56.2 Å². The van der Waals surface area contributed by atoms with E-state index in [0.29, 0.717) is 17.8 Å². The standard InChI is InChI=1S/C43H64O4/c1-27(2)25-29-11-13-30(14-12-29)28(3)36(44)47-35-18-19-40(8)33(39(35,6)7)17-20-42(10)34(40)16-15-31-32-26-38(4,5)21-23-43(32,37(45)46)24-22-41(31,42)9/h11-15,27-28,32-35H,16-26H2,1-10H3,(H,45,46)/t28-,32-,33-,34+,35-,40-,41+,42+,43-/m0/s1. The van der Waals surface area contributed by atoms with Crippen molar-refractivity contribution >= 4 is 11.9 Å². The van der Waals surface area contributed by atoms with Crippen LogP contribution in [0.1, 0.15) is 150 Å². The van der Waals surface area contributed by atoms with E-state index in [4.69, 9.17) is 4.74 Å². The summed E-state index contributed by atoms with van der Waals surface area (Å²) in [4.78, 5) is 26.6. The zero-order valence-electron chi connectivity index (χ0n) is 31.3. The van der Waals surface area contributed by atoms with Crippen molar-refractivity contribution in [2.45, 2.75) is 152 Å². The molecular weight excluding hydrogens is 580 g/mol. The number of carbonyl (C=O) groups excluding carboxylic acids is 1. The molecule has 1 aromatic carbocycles. The summed E-state index contributed by atoms with van der Waals surface area (Å²) in [6.07, 6.45) is 13.4. The fourth-order valence-corrected chi connectivity index (χ4v) is 12.6. The Morgan fingerprint density at radius 2 is 1.51 bits per heavy atom. The molecule has 0 heterocycles. The average molecular weight is 645 g/mol. The molecule has 4 heteroatoms. The van der Waals surface area contributed by atoms with Gasteiger partial charge in [0.15, 0.2) is 0 Å². The van der Waals surface area contributed by atoms with Gasteiger partial charge < -0.3 is 9.84 Å². The van der Waals surface area contributed by atoms with E-state index in [9.17, 15) is 14.7 Å². The van der Waals surface area contributed by atoms with E-state index in [1.165, 1.54) is 11.1 Å². The maximum absolute atomic E-state index is 13.6. The zero-order chi connectivity index (χ0) is 34.4. The molecule has 4 nitrogen and oxygen atoms in total. The van der Waals surface area contributed by atoms with Crippen LogP contribution in [-0.4, -0.2) is 23.1 Å². The molecule has 0 bridgehead atoms. The van der Waals surface area contributed by atoms with Crippen LogP contribution in [0.25, 0.3) is 0 Å². The van der Waals surface area contributed by atoms with Gasteiger partial charge in [-0.3, -0.25) is 9.59 Å². The zero-order valence-corrected chi connectivity index (χ0v) is 31.3. The average Bonchev–Trinajstić information content (AvgIpc) is 2.98. The first-order valence-corrected chi connectivity index (χ1v) is 19.0. The van der Waals surface area contributed by atoms with Crippen molar-refractivity contribution in [2.75, 3.05) is 0 Å². The third-order valence-electron chi connectivity index (χ3n) is 15.7. The first kappa shape index (κ1) is 34.8. The lowest BCUT2D eigenvalue weighted by molar-refractivity contribution is -0.214. The van der Waals surface area contributed by atoms with Gasteiger partial charge in [0, 0.05) is 5.41 Å². The second kappa shape index (κ2) is 11.5. The molecule has 5 aliphatic rings. The van der Waals surface area contributed by atoms with Gasteiger partial charge in [-0.05, 0) is 134 Å². The molecule has 5 aliphatic carbocycles. The quantitative estimate of drug-likeness (QED) is 0.247. The number of carbonyl (C=O) groups is 2. The number of esters is 1. The normalized spacial score (nSPS) is 41.0. The number of hydrogen-bond donors (Lipinski definition) is 1. The number of hydrogen-bond acceptors (Lipinski definition) is 3. The summed E-state index contributed by atoms with van der Waals surface area (Å²) in [5, 5.41) is 10.7. The first-order chi connectivity index (χ1) is 21.8. The maximum Gasteiger partial charge on any atom is 0.313 e. The molecule has 1 N–H and O–H groups in total. The van der Waals surface area contributed by atoms with Gasteiger partial charge in [-0.1, -0.05) is 98.2 Å². The number of fused-ring (bicyclic) bond motifs is 7. The smallest absolute Gasteiger partial charge is 0.313 e. The van der Waals surface area contributed by atoms with Crippen molar-refractivity contribution in [2.24, 2.45) is 56.2 Å². The van der Waals surface area contributed by atoms with Gasteiger partial charge in [0.2, 0.25) is 0 Å². The second-order valence-corrected chi connectivity index (χ2v) is 19.5. The Morgan fingerprint density at radius 3 is 2.15 bits per heavy atom. The third-order valence-corrected chi connectivity index (χ3v) is 15.7. The molecular formula is C43H64O4. The van der Waals surface area contributed by atoms with Gasteiger partial charge in [0.25, 0.3) is 0 Å². The Kier molecular flexibility index (Phi) is 8.49. The van der Waals surface area contributed by atoms with Gasteiger partial charge in [0.1, 0.15) is 6.10 Å². The van der Waals surface area contributed by atoms with Gasteiger partial charge in [-0.2, -0.15) is 0 Å². The Bertz CT molecular complexity index is 1420. The Balaban J connectivity index is 1.24. The number of carboxylic acid groups (broad SMARTS) is 1. The van der Waals surface area contributed by atoms with Crippen LogP contribution in [0.3, 0.4) is 0 Å². The molecule has 0 aliphatic heterocycles. The van der Waals surface area contributed by atoms with Gasteiger partial charge in [-0.25, -0.2) is 0 Å². The van der Waals surface area contributed by atoms with Crippen LogP contribution in [0.4, 0.5) is 0 Å². The molecule has 9 atom stereocenters. The lowest BCUT2D eigenvalue weighted by Crippen LogP contribution is -2.65. The van der Waals surface area contributed by atoms with Crippen LogP contribution < -0.4 is 0 Å². The largest absolute Gasteiger partial charge is 0.481 e. The number of ether oxygens (including phenoxy) is 1. The molecule has 47 heavy (non-hydrogen) atoms. The van der Waals surface area contributed by atoms with Crippen LogP contribution >= 0.6 is 0 Å². The maximum atomic E-state index is 13.6. The highest BCUT2D eigenvalue weighted by molar-refractivity contribution is 5.78. The summed E-state index contributed by atoms with van der Waals surface area (Å²) in [5.74, 6) is 0.827. The number of rotatable bonds is 6. The van der Waals surface area contributed by atoms with Crippen molar-refractivity contribution in [3.63, 3.8) is 0 Å². The van der Waals surface area contributed by atoms with Crippen LogP contribution in [0.15, 0.2) is 35.9 Å². The van der Waals surface area contributed by atoms with E-state index in [2.05, 4.69) is 92.7 Å². The summed E-state index contributed by atoms with van der Waals surface area (Å²) in [5.41, 5.74) is 3.61. The minimum absolute atomic E-state index is 0.0224. The summed E-state index contributed by atoms with van der Waals surface area (Å²) < 4.78 is 6.48. The molecule has 4 fully saturated rings. The molecule has 0 amide bonds. The van der Waals surface area contributed by atoms with Gasteiger partial charge in [0.05, 0.1) is 11.3 Å². The summed E-state index contributed by atoms with van der Waals surface area (Å²) in [7, 11) is 0. The minimum Gasteiger partial charge on any atom is -0.481 e. The molecule has 260 valence electrons. The molecule has 0 unspecified atom stereocenters. The Hall–Kier alpha value is -2.10. The lowest BCUT2D eigenvalue weighted by atomic mass is 9.33. The monoisotopic (exact) mass is 644 g/mol. The van der Waals surface area contributed by atoms with Crippen molar-refractivity contribution in [1.29, 1.82) is 0 Å². The Labute approximate surface area is 285 Å². The van der Waals surface area contributed by atoms with Crippen LogP contribution in [0.2, 0.25) is 0 Å². The van der Waals surface area contributed by atoms with E-state index >= 15 is 0 Å². The topological polar surface area (TPSA) is 63.6 Å². The highest BCUT2D eigenvalue weighted by atomic mass is 16.5. The number of allylic oxidation sites excluding steroid dienone is 2. The predicted molar refractivity (Wildman–Crippen MR) is 190 cm³/mol.